The number of nitrogens with two attached hydrogens (primary N) is 1. The van der Waals surface area contributed by atoms with E-state index in [1.54, 1.807) is 0 Å². The van der Waals surface area contributed by atoms with Gasteiger partial charge in [0.1, 0.15) is 5.82 Å². The van der Waals surface area contributed by atoms with E-state index in [0.717, 1.165) is 12.8 Å². The lowest BCUT2D eigenvalue weighted by Gasteiger charge is -2.19. The van der Waals surface area contributed by atoms with Crippen molar-refractivity contribution in [3.05, 3.63) is 35.1 Å². The largest absolute Gasteiger partial charge is 0.391 e. The maximum Gasteiger partial charge on any atom is 0.161 e. The average Bonchev–Trinajstić information content (AvgIpc) is 3.05. The Kier molecular flexibility index (Phi) is 4.41. The molecule has 3 N–H and O–H groups in total. The summed E-state index contributed by atoms with van der Waals surface area (Å²) in [4.78, 5) is 0. The van der Waals surface area contributed by atoms with E-state index < -0.39 is 29.6 Å². The lowest BCUT2D eigenvalue weighted by atomic mass is 9.98. The number of aliphatic hydroxyl groups excluding tert-OH is 1. The molecular formula is C11H13ClF3NO. The monoisotopic (exact) mass is 267 g/mol. The molecule has 0 spiro atoms. The fraction of sp³-hybridized carbons (Fsp3) is 0.455. The van der Waals surface area contributed by atoms with E-state index in [1.165, 1.54) is 0 Å². The van der Waals surface area contributed by atoms with Crippen LogP contribution in [0.1, 0.15) is 24.4 Å². The smallest absolute Gasteiger partial charge is 0.161 e. The highest BCUT2D eigenvalue weighted by Crippen LogP contribution is 2.37. The number of benzene rings is 1. The Morgan fingerprint density at radius 3 is 2.18 bits per heavy atom. The molecule has 1 aliphatic rings. The minimum Gasteiger partial charge on any atom is -0.391 e. The Labute approximate surface area is 103 Å². The van der Waals surface area contributed by atoms with E-state index in [9.17, 15) is 18.3 Å². The summed E-state index contributed by atoms with van der Waals surface area (Å²) < 4.78 is 38.9. The summed E-state index contributed by atoms with van der Waals surface area (Å²) in [6, 6.07) is 0.146. The van der Waals surface area contributed by atoms with Crippen molar-refractivity contribution in [1.29, 1.82) is 0 Å². The summed E-state index contributed by atoms with van der Waals surface area (Å²) in [6.07, 6.45) is 0.764. The standard InChI is InChI=1S/C11H12F3NO.ClH/c12-7-4-9(14)8(13)3-6(7)10(15)11(16)5-1-2-5;/h3-5,10-11,16H,1-2,15H2;1H/t10-,11+;/m1./s1. The molecule has 1 saturated carbocycles. The summed E-state index contributed by atoms with van der Waals surface area (Å²) in [6.45, 7) is 0. The van der Waals surface area contributed by atoms with Crippen molar-refractivity contribution in [1.82, 2.24) is 0 Å². The van der Waals surface area contributed by atoms with Crippen molar-refractivity contribution in [2.45, 2.75) is 25.0 Å². The van der Waals surface area contributed by atoms with Gasteiger partial charge in [0, 0.05) is 11.6 Å². The van der Waals surface area contributed by atoms with Crippen LogP contribution in [0, 0.1) is 23.4 Å². The first kappa shape index (κ1) is 14.3. The van der Waals surface area contributed by atoms with Crippen LogP contribution < -0.4 is 5.73 Å². The molecule has 2 rings (SSSR count). The van der Waals surface area contributed by atoms with Gasteiger partial charge in [0.05, 0.1) is 12.1 Å². The Balaban J connectivity index is 0.00000144. The molecule has 6 heteroatoms. The Morgan fingerprint density at radius 1 is 1.12 bits per heavy atom. The van der Waals surface area contributed by atoms with Crippen molar-refractivity contribution in [2.24, 2.45) is 11.7 Å². The number of hydrogen-bond donors (Lipinski definition) is 2. The molecule has 0 saturated heterocycles. The first-order chi connectivity index (χ1) is 7.50. The van der Waals surface area contributed by atoms with Crippen LogP contribution in [0.5, 0.6) is 0 Å². The van der Waals surface area contributed by atoms with Crippen LogP contribution in [0.2, 0.25) is 0 Å². The van der Waals surface area contributed by atoms with Crippen LogP contribution in [-0.4, -0.2) is 11.2 Å². The van der Waals surface area contributed by atoms with Crippen molar-refractivity contribution in [2.75, 3.05) is 0 Å². The Morgan fingerprint density at radius 2 is 1.65 bits per heavy atom. The zero-order valence-corrected chi connectivity index (χ0v) is 9.68. The quantitative estimate of drug-likeness (QED) is 0.826. The van der Waals surface area contributed by atoms with Crippen molar-refractivity contribution >= 4 is 12.4 Å². The fourth-order valence-corrected chi connectivity index (χ4v) is 1.71. The zero-order valence-electron chi connectivity index (χ0n) is 8.87. The van der Waals surface area contributed by atoms with Gasteiger partial charge in [-0.15, -0.1) is 12.4 Å². The van der Waals surface area contributed by atoms with Gasteiger partial charge in [-0.1, -0.05) is 0 Å². The second-order valence-corrected chi connectivity index (χ2v) is 4.14. The normalized spacial score (nSPS) is 18.4. The highest BCUT2D eigenvalue weighted by molar-refractivity contribution is 5.85. The van der Waals surface area contributed by atoms with E-state index in [2.05, 4.69) is 0 Å². The van der Waals surface area contributed by atoms with Crippen LogP contribution in [0.4, 0.5) is 13.2 Å². The van der Waals surface area contributed by atoms with Crippen LogP contribution in [0.3, 0.4) is 0 Å². The van der Waals surface area contributed by atoms with Gasteiger partial charge in [-0.3, -0.25) is 0 Å². The number of rotatable bonds is 3. The zero-order chi connectivity index (χ0) is 11.9. The predicted molar refractivity (Wildman–Crippen MR) is 59.2 cm³/mol. The van der Waals surface area contributed by atoms with Crippen LogP contribution in [0.15, 0.2) is 12.1 Å². The van der Waals surface area contributed by atoms with Gasteiger partial charge in [0.2, 0.25) is 0 Å². The number of aliphatic hydroxyl groups is 1. The summed E-state index contributed by atoms with van der Waals surface area (Å²) in [7, 11) is 0. The van der Waals surface area contributed by atoms with Crippen molar-refractivity contribution in [3.63, 3.8) is 0 Å². The first-order valence-corrected chi connectivity index (χ1v) is 5.09. The molecule has 0 radical (unpaired) electrons. The third kappa shape index (κ3) is 2.91. The van der Waals surface area contributed by atoms with Gasteiger partial charge in [-0.2, -0.15) is 0 Å². The molecule has 2 nitrogen and oxygen atoms in total. The van der Waals surface area contributed by atoms with Gasteiger partial charge >= 0.3 is 0 Å². The second-order valence-electron chi connectivity index (χ2n) is 4.14. The highest BCUT2D eigenvalue weighted by atomic mass is 35.5. The second kappa shape index (κ2) is 5.25. The van der Waals surface area contributed by atoms with Crippen LogP contribution in [0.25, 0.3) is 0 Å². The van der Waals surface area contributed by atoms with Gasteiger partial charge in [0.15, 0.2) is 11.6 Å². The molecule has 0 unspecified atom stereocenters. The first-order valence-electron chi connectivity index (χ1n) is 5.09. The van der Waals surface area contributed by atoms with Gasteiger partial charge in [-0.05, 0) is 24.8 Å². The fourth-order valence-electron chi connectivity index (χ4n) is 1.71. The van der Waals surface area contributed by atoms with E-state index in [1.807, 2.05) is 0 Å². The van der Waals surface area contributed by atoms with Crippen molar-refractivity contribution < 1.29 is 18.3 Å². The van der Waals surface area contributed by atoms with E-state index in [4.69, 9.17) is 5.73 Å². The molecule has 0 heterocycles. The van der Waals surface area contributed by atoms with E-state index in [0.29, 0.717) is 12.1 Å². The van der Waals surface area contributed by atoms with Crippen LogP contribution >= 0.6 is 12.4 Å². The lowest BCUT2D eigenvalue weighted by Crippen LogP contribution is -2.29. The van der Waals surface area contributed by atoms with Crippen molar-refractivity contribution in [3.8, 4) is 0 Å². The molecule has 0 amide bonds. The molecule has 0 aliphatic heterocycles. The molecule has 1 aromatic rings. The minimum atomic E-state index is -1.26. The molecule has 17 heavy (non-hydrogen) atoms. The van der Waals surface area contributed by atoms with Gasteiger partial charge < -0.3 is 10.8 Å². The molecular weight excluding hydrogens is 255 g/mol. The molecule has 0 bridgehead atoms. The summed E-state index contributed by atoms with van der Waals surface area (Å²) in [5.74, 6) is -3.29. The van der Waals surface area contributed by atoms with E-state index >= 15 is 0 Å². The average molecular weight is 268 g/mol. The Hall–Kier alpha value is -0.780. The summed E-state index contributed by atoms with van der Waals surface area (Å²) in [5.41, 5.74) is 5.44. The van der Waals surface area contributed by atoms with E-state index in [-0.39, 0.29) is 23.9 Å². The summed E-state index contributed by atoms with van der Waals surface area (Å²) >= 11 is 0. The maximum absolute atomic E-state index is 13.3. The van der Waals surface area contributed by atoms with Crippen LogP contribution in [-0.2, 0) is 0 Å². The Bertz CT molecular complexity index is 412. The third-order valence-corrected chi connectivity index (χ3v) is 2.87. The molecule has 1 fully saturated rings. The predicted octanol–water partition coefficient (Wildman–Crippen LogP) is 2.30. The molecule has 2 atom stereocenters. The number of hydrogen-bond acceptors (Lipinski definition) is 2. The SMILES string of the molecule is Cl.N[C@H](c1cc(F)c(F)cc1F)[C@@H](O)C1CC1. The summed E-state index contributed by atoms with van der Waals surface area (Å²) in [5, 5.41) is 9.69. The topological polar surface area (TPSA) is 46.2 Å². The lowest BCUT2D eigenvalue weighted by molar-refractivity contribution is 0.120. The van der Waals surface area contributed by atoms with Gasteiger partial charge in [0.25, 0.3) is 0 Å². The van der Waals surface area contributed by atoms with Gasteiger partial charge in [-0.25, -0.2) is 13.2 Å². The molecule has 1 aromatic carbocycles. The number of halogens is 4. The molecule has 0 aromatic heterocycles. The molecule has 96 valence electrons. The highest BCUT2D eigenvalue weighted by Gasteiger charge is 2.35. The molecule has 1 aliphatic carbocycles. The third-order valence-electron chi connectivity index (χ3n) is 2.87. The minimum absolute atomic E-state index is 0. The maximum atomic E-state index is 13.3.